The number of nitrogens with one attached hydrogen (secondary N) is 2. The smallest absolute Gasteiger partial charge is 0.261 e. The Morgan fingerprint density at radius 1 is 1.04 bits per heavy atom. The quantitative estimate of drug-likeness (QED) is 0.873. The minimum Gasteiger partial charge on any atom is -0.350 e. The molecular formula is C18H22N2O3S. The fourth-order valence-corrected chi connectivity index (χ4v) is 3.37. The van der Waals surface area contributed by atoms with E-state index in [1.807, 2.05) is 39.8 Å². The van der Waals surface area contributed by atoms with Gasteiger partial charge in [0.2, 0.25) is 0 Å². The van der Waals surface area contributed by atoms with Crippen LogP contribution in [0.2, 0.25) is 0 Å². The zero-order valence-corrected chi connectivity index (χ0v) is 15.1. The largest absolute Gasteiger partial charge is 0.350 e. The average Bonchev–Trinajstić information content (AvgIpc) is 2.50. The van der Waals surface area contributed by atoms with Gasteiger partial charge in [0, 0.05) is 11.6 Å². The second-order valence-corrected chi connectivity index (χ2v) is 7.76. The van der Waals surface area contributed by atoms with Gasteiger partial charge in [-0.05, 0) is 63.1 Å². The molecule has 0 unspecified atom stereocenters. The molecule has 24 heavy (non-hydrogen) atoms. The van der Waals surface area contributed by atoms with Crippen LogP contribution in [0.25, 0.3) is 0 Å². The summed E-state index contributed by atoms with van der Waals surface area (Å²) in [5.41, 5.74) is 2.64. The van der Waals surface area contributed by atoms with Crippen molar-refractivity contribution in [2.75, 3.05) is 4.72 Å². The summed E-state index contributed by atoms with van der Waals surface area (Å²) in [5, 5.41) is 2.75. The molecule has 0 fully saturated rings. The minimum atomic E-state index is -3.77. The first-order chi connectivity index (χ1) is 11.2. The van der Waals surface area contributed by atoms with E-state index in [9.17, 15) is 13.2 Å². The zero-order chi connectivity index (χ0) is 17.9. The summed E-state index contributed by atoms with van der Waals surface area (Å²) in [5.74, 6) is -0.297. The number of sulfonamides is 1. The van der Waals surface area contributed by atoms with Gasteiger partial charge in [0.25, 0.3) is 15.9 Å². The second-order valence-electron chi connectivity index (χ2n) is 6.08. The van der Waals surface area contributed by atoms with E-state index in [0.717, 1.165) is 11.1 Å². The van der Waals surface area contributed by atoms with Crippen molar-refractivity contribution in [1.29, 1.82) is 0 Å². The highest BCUT2D eigenvalue weighted by Gasteiger charge is 2.17. The molecule has 0 spiro atoms. The van der Waals surface area contributed by atoms with E-state index in [2.05, 4.69) is 10.0 Å². The van der Waals surface area contributed by atoms with Crippen molar-refractivity contribution in [2.24, 2.45) is 0 Å². The molecule has 0 atom stereocenters. The van der Waals surface area contributed by atoms with Crippen LogP contribution in [0, 0.1) is 13.8 Å². The molecule has 6 heteroatoms. The molecule has 0 saturated heterocycles. The lowest BCUT2D eigenvalue weighted by atomic mass is 10.1. The summed E-state index contributed by atoms with van der Waals surface area (Å²) in [6, 6.07) is 11.5. The third-order valence-electron chi connectivity index (χ3n) is 3.46. The Bertz CT molecular complexity index is 858. The van der Waals surface area contributed by atoms with Crippen molar-refractivity contribution >= 4 is 21.6 Å². The van der Waals surface area contributed by atoms with E-state index in [4.69, 9.17) is 0 Å². The molecule has 0 saturated carbocycles. The topological polar surface area (TPSA) is 75.3 Å². The first-order valence-corrected chi connectivity index (χ1v) is 9.18. The number of carbonyl (C=O) groups excluding carboxylic acids is 1. The van der Waals surface area contributed by atoms with Crippen molar-refractivity contribution in [3.63, 3.8) is 0 Å². The molecule has 5 nitrogen and oxygen atoms in total. The standard InChI is InChI=1S/C18H22N2O3S/c1-12(2)19-18(21)15-6-5-7-16(11-15)24(22,23)20-17-10-13(3)8-9-14(17)4/h5-12,20H,1-4H3,(H,19,21). The molecule has 2 aromatic carbocycles. The van der Waals surface area contributed by atoms with Crippen molar-refractivity contribution in [3.05, 3.63) is 59.2 Å². The summed E-state index contributed by atoms with van der Waals surface area (Å²) >= 11 is 0. The number of anilines is 1. The molecular weight excluding hydrogens is 324 g/mol. The van der Waals surface area contributed by atoms with Gasteiger partial charge >= 0.3 is 0 Å². The second kappa shape index (κ2) is 7.05. The molecule has 2 aromatic rings. The Kier molecular flexibility index (Phi) is 5.29. The van der Waals surface area contributed by atoms with Gasteiger partial charge in [-0.3, -0.25) is 9.52 Å². The molecule has 0 bridgehead atoms. The predicted octanol–water partition coefficient (Wildman–Crippen LogP) is 3.24. The van der Waals surface area contributed by atoms with Gasteiger partial charge in [-0.15, -0.1) is 0 Å². The van der Waals surface area contributed by atoms with Crippen molar-refractivity contribution in [3.8, 4) is 0 Å². The Labute approximate surface area is 143 Å². The Balaban J connectivity index is 2.33. The van der Waals surface area contributed by atoms with E-state index in [0.29, 0.717) is 11.3 Å². The van der Waals surface area contributed by atoms with E-state index in [-0.39, 0.29) is 16.8 Å². The molecule has 0 radical (unpaired) electrons. The van der Waals surface area contributed by atoms with Gasteiger partial charge in [-0.2, -0.15) is 0 Å². The van der Waals surface area contributed by atoms with Crippen LogP contribution in [0.4, 0.5) is 5.69 Å². The van der Waals surface area contributed by atoms with Crippen molar-refractivity contribution < 1.29 is 13.2 Å². The van der Waals surface area contributed by atoms with Crippen molar-refractivity contribution in [1.82, 2.24) is 5.32 Å². The first kappa shape index (κ1) is 18.0. The number of benzene rings is 2. The third kappa shape index (κ3) is 4.35. The maximum Gasteiger partial charge on any atom is 0.261 e. The fourth-order valence-electron chi connectivity index (χ4n) is 2.20. The normalized spacial score (nSPS) is 11.4. The molecule has 0 aromatic heterocycles. The minimum absolute atomic E-state index is 0.0224. The zero-order valence-electron chi connectivity index (χ0n) is 14.3. The van der Waals surface area contributed by atoms with Gasteiger partial charge in [-0.1, -0.05) is 18.2 Å². The average molecular weight is 346 g/mol. The molecule has 2 rings (SSSR count). The van der Waals surface area contributed by atoms with Crippen LogP contribution in [0.15, 0.2) is 47.4 Å². The molecule has 0 heterocycles. The summed E-state index contributed by atoms with van der Waals surface area (Å²) in [7, 11) is -3.77. The number of amides is 1. The predicted molar refractivity (Wildman–Crippen MR) is 95.8 cm³/mol. The number of aryl methyl sites for hydroxylation is 2. The van der Waals surface area contributed by atoms with E-state index >= 15 is 0 Å². The number of hydrogen-bond donors (Lipinski definition) is 2. The number of rotatable bonds is 5. The van der Waals surface area contributed by atoms with Crippen LogP contribution in [0.1, 0.15) is 35.3 Å². The Morgan fingerprint density at radius 2 is 1.75 bits per heavy atom. The maximum atomic E-state index is 12.6. The summed E-state index contributed by atoms with van der Waals surface area (Å²) in [4.78, 5) is 12.1. The summed E-state index contributed by atoms with van der Waals surface area (Å²) < 4.78 is 27.8. The molecule has 0 aliphatic carbocycles. The molecule has 128 valence electrons. The van der Waals surface area contributed by atoms with Crippen molar-refractivity contribution in [2.45, 2.75) is 38.6 Å². The first-order valence-electron chi connectivity index (χ1n) is 7.70. The Morgan fingerprint density at radius 3 is 2.42 bits per heavy atom. The highest BCUT2D eigenvalue weighted by atomic mass is 32.2. The van der Waals surface area contributed by atoms with Crippen LogP contribution in [-0.4, -0.2) is 20.4 Å². The van der Waals surface area contributed by atoms with E-state index in [1.54, 1.807) is 18.2 Å². The van der Waals surface area contributed by atoms with Gasteiger partial charge in [0.15, 0.2) is 0 Å². The van der Waals surface area contributed by atoms with Crippen LogP contribution < -0.4 is 10.0 Å². The fraction of sp³-hybridized carbons (Fsp3) is 0.278. The molecule has 2 N–H and O–H groups in total. The SMILES string of the molecule is Cc1ccc(C)c(NS(=O)(=O)c2cccc(C(=O)NC(C)C)c2)c1. The lowest BCUT2D eigenvalue weighted by molar-refractivity contribution is 0.0943. The van der Waals surface area contributed by atoms with Gasteiger partial charge in [0.1, 0.15) is 0 Å². The highest BCUT2D eigenvalue weighted by molar-refractivity contribution is 7.92. The van der Waals surface area contributed by atoms with E-state index < -0.39 is 10.0 Å². The van der Waals surface area contributed by atoms with Crippen LogP contribution in [0.5, 0.6) is 0 Å². The molecule has 1 amide bonds. The molecule has 0 aliphatic rings. The summed E-state index contributed by atoms with van der Waals surface area (Å²) in [6.45, 7) is 7.43. The van der Waals surface area contributed by atoms with Gasteiger partial charge in [0.05, 0.1) is 10.6 Å². The lowest BCUT2D eigenvalue weighted by Crippen LogP contribution is -2.30. The third-order valence-corrected chi connectivity index (χ3v) is 4.83. The van der Waals surface area contributed by atoms with Gasteiger partial charge in [-0.25, -0.2) is 8.42 Å². The van der Waals surface area contributed by atoms with Crippen LogP contribution in [0.3, 0.4) is 0 Å². The number of carbonyl (C=O) groups is 1. The monoisotopic (exact) mass is 346 g/mol. The maximum absolute atomic E-state index is 12.6. The molecule has 0 aliphatic heterocycles. The van der Waals surface area contributed by atoms with E-state index in [1.165, 1.54) is 12.1 Å². The lowest BCUT2D eigenvalue weighted by Gasteiger charge is -2.13. The van der Waals surface area contributed by atoms with Crippen LogP contribution >= 0.6 is 0 Å². The van der Waals surface area contributed by atoms with Gasteiger partial charge < -0.3 is 5.32 Å². The number of hydrogen-bond acceptors (Lipinski definition) is 3. The highest BCUT2D eigenvalue weighted by Crippen LogP contribution is 2.21. The summed E-state index contributed by atoms with van der Waals surface area (Å²) in [6.07, 6.45) is 0. The Hall–Kier alpha value is -2.34. The van der Waals surface area contributed by atoms with Crippen LogP contribution in [-0.2, 0) is 10.0 Å².